The fraction of sp³-hybridized carbons (Fsp3) is 0.636. The quantitative estimate of drug-likeness (QED) is 0.788. The minimum atomic E-state index is -0.0447. The lowest BCUT2D eigenvalue weighted by molar-refractivity contribution is -0.000814. The molecule has 2 unspecified atom stereocenters. The van der Waals surface area contributed by atoms with Crippen molar-refractivity contribution in [2.45, 2.75) is 26.0 Å². The summed E-state index contributed by atoms with van der Waals surface area (Å²) in [7, 11) is 0. The van der Waals surface area contributed by atoms with Gasteiger partial charge in [-0.05, 0) is 41.9 Å². The third-order valence-corrected chi connectivity index (χ3v) is 3.77. The lowest BCUT2D eigenvalue weighted by Crippen LogP contribution is -2.27. The summed E-state index contributed by atoms with van der Waals surface area (Å²) in [4.78, 5) is 1.15. The number of hydrogen-bond donors (Lipinski definition) is 1. The second-order valence-corrected chi connectivity index (χ2v) is 5.98. The smallest absolute Gasteiger partial charge is 0.107 e. The molecule has 0 saturated carbocycles. The van der Waals surface area contributed by atoms with Gasteiger partial charge in [0.1, 0.15) is 6.10 Å². The lowest BCUT2D eigenvalue weighted by atomic mass is 10.1. The third-order valence-electron chi connectivity index (χ3n) is 2.08. The molecule has 5 heteroatoms. The van der Waals surface area contributed by atoms with Crippen molar-refractivity contribution in [2.24, 2.45) is 5.73 Å². The zero-order valence-electron chi connectivity index (χ0n) is 9.61. The van der Waals surface area contributed by atoms with Gasteiger partial charge in [0.05, 0.1) is 17.0 Å². The van der Waals surface area contributed by atoms with E-state index < -0.39 is 0 Å². The van der Waals surface area contributed by atoms with E-state index in [0.717, 1.165) is 15.3 Å². The summed E-state index contributed by atoms with van der Waals surface area (Å²) in [6, 6.07) is 4.04. The van der Waals surface area contributed by atoms with Crippen molar-refractivity contribution in [1.82, 2.24) is 0 Å². The second kappa shape index (κ2) is 7.40. The number of halogens is 1. The van der Waals surface area contributed by atoms with Crippen molar-refractivity contribution in [3.8, 4) is 0 Å². The number of ether oxygens (including phenoxy) is 2. The van der Waals surface area contributed by atoms with Crippen molar-refractivity contribution in [1.29, 1.82) is 0 Å². The van der Waals surface area contributed by atoms with Crippen LogP contribution >= 0.6 is 27.3 Å². The molecule has 0 fully saturated rings. The van der Waals surface area contributed by atoms with Crippen LogP contribution in [0.25, 0.3) is 0 Å². The number of hydrogen-bond acceptors (Lipinski definition) is 4. The van der Waals surface area contributed by atoms with Crippen molar-refractivity contribution < 1.29 is 9.47 Å². The van der Waals surface area contributed by atoms with Crippen LogP contribution in [0.3, 0.4) is 0 Å². The first-order valence-corrected chi connectivity index (χ1v) is 6.96. The van der Waals surface area contributed by atoms with Crippen molar-refractivity contribution in [2.75, 3.05) is 19.8 Å². The van der Waals surface area contributed by atoms with E-state index in [4.69, 9.17) is 15.2 Å². The molecule has 0 aliphatic rings. The van der Waals surface area contributed by atoms with Gasteiger partial charge >= 0.3 is 0 Å². The van der Waals surface area contributed by atoms with Gasteiger partial charge in [-0.2, -0.15) is 0 Å². The summed E-state index contributed by atoms with van der Waals surface area (Å²) in [6.07, 6.45) is -0.0447. The fourth-order valence-corrected chi connectivity index (χ4v) is 2.94. The average molecular weight is 308 g/mol. The average Bonchev–Trinajstić information content (AvgIpc) is 2.64. The zero-order valence-corrected chi connectivity index (χ0v) is 12.0. The number of thiophene rings is 1. The standard InChI is InChI=1S/C11H18BrNO2S/c1-3-14-6-7-15-11(8(2)13)9-4-5-10(12)16-9/h4-5,8,11H,3,6-7,13H2,1-2H3. The van der Waals surface area contributed by atoms with Gasteiger partial charge in [-0.3, -0.25) is 0 Å². The third kappa shape index (κ3) is 4.51. The summed E-state index contributed by atoms with van der Waals surface area (Å²) in [5.74, 6) is 0. The molecule has 0 amide bonds. The minimum Gasteiger partial charge on any atom is -0.379 e. The van der Waals surface area contributed by atoms with Crippen LogP contribution in [0, 0.1) is 0 Å². The summed E-state index contributed by atoms with van der Waals surface area (Å²) >= 11 is 5.10. The van der Waals surface area contributed by atoms with Crippen LogP contribution in [0.4, 0.5) is 0 Å². The summed E-state index contributed by atoms with van der Waals surface area (Å²) in [6.45, 7) is 5.84. The Morgan fingerprint density at radius 3 is 2.69 bits per heavy atom. The maximum absolute atomic E-state index is 5.92. The lowest BCUT2D eigenvalue weighted by Gasteiger charge is -2.20. The predicted octanol–water partition coefficient (Wildman–Crippen LogP) is 2.95. The van der Waals surface area contributed by atoms with Gasteiger partial charge in [0.15, 0.2) is 0 Å². The van der Waals surface area contributed by atoms with E-state index >= 15 is 0 Å². The molecule has 0 spiro atoms. The van der Waals surface area contributed by atoms with Gasteiger partial charge < -0.3 is 15.2 Å². The van der Waals surface area contributed by atoms with E-state index in [0.29, 0.717) is 13.2 Å². The van der Waals surface area contributed by atoms with Crippen LogP contribution < -0.4 is 5.73 Å². The molecule has 0 aromatic carbocycles. The molecule has 16 heavy (non-hydrogen) atoms. The van der Waals surface area contributed by atoms with Crippen LogP contribution in [-0.4, -0.2) is 25.9 Å². The minimum absolute atomic E-state index is 0.0211. The Morgan fingerprint density at radius 2 is 2.19 bits per heavy atom. The van der Waals surface area contributed by atoms with E-state index in [2.05, 4.69) is 15.9 Å². The number of nitrogens with two attached hydrogens (primary N) is 1. The van der Waals surface area contributed by atoms with Crippen LogP contribution in [0.15, 0.2) is 15.9 Å². The van der Waals surface area contributed by atoms with E-state index in [1.54, 1.807) is 11.3 Å². The molecule has 92 valence electrons. The second-order valence-electron chi connectivity index (χ2n) is 3.49. The SMILES string of the molecule is CCOCCOC(c1ccc(Br)s1)C(C)N. The van der Waals surface area contributed by atoms with Crippen LogP contribution in [-0.2, 0) is 9.47 Å². The topological polar surface area (TPSA) is 44.5 Å². The van der Waals surface area contributed by atoms with Crippen LogP contribution in [0.5, 0.6) is 0 Å². The van der Waals surface area contributed by atoms with Crippen molar-refractivity contribution in [3.63, 3.8) is 0 Å². The monoisotopic (exact) mass is 307 g/mol. The fourth-order valence-electron chi connectivity index (χ4n) is 1.35. The van der Waals surface area contributed by atoms with E-state index in [1.807, 2.05) is 26.0 Å². The molecule has 1 aromatic heterocycles. The van der Waals surface area contributed by atoms with Crippen molar-refractivity contribution >= 4 is 27.3 Å². The molecule has 0 bridgehead atoms. The Labute approximate surface area is 109 Å². The van der Waals surface area contributed by atoms with E-state index in [1.165, 1.54) is 0 Å². The van der Waals surface area contributed by atoms with Crippen LogP contribution in [0.2, 0.25) is 0 Å². The molecule has 0 aliphatic carbocycles. The van der Waals surface area contributed by atoms with E-state index in [9.17, 15) is 0 Å². The van der Waals surface area contributed by atoms with Gasteiger partial charge in [0.2, 0.25) is 0 Å². The highest BCUT2D eigenvalue weighted by molar-refractivity contribution is 9.11. The highest BCUT2D eigenvalue weighted by atomic mass is 79.9. The molecule has 2 atom stereocenters. The largest absolute Gasteiger partial charge is 0.379 e. The summed E-state index contributed by atoms with van der Waals surface area (Å²) in [5.41, 5.74) is 5.92. The number of rotatable bonds is 7. The van der Waals surface area contributed by atoms with Crippen molar-refractivity contribution in [3.05, 3.63) is 20.8 Å². The Bertz CT molecular complexity index is 304. The molecule has 1 aromatic rings. The maximum atomic E-state index is 5.92. The Kier molecular flexibility index (Phi) is 6.53. The summed E-state index contributed by atoms with van der Waals surface area (Å²) in [5, 5.41) is 0. The van der Waals surface area contributed by atoms with Gasteiger partial charge in [-0.15, -0.1) is 11.3 Å². The summed E-state index contributed by atoms with van der Waals surface area (Å²) < 4.78 is 12.1. The highest BCUT2D eigenvalue weighted by Crippen LogP contribution is 2.30. The predicted molar refractivity (Wildman–Crippen MR) is 70.9 cm³/mol. The van der Waals surface area contributed by atoms with Gasteiger partial charge in [0.25, 0.3) is 0 Å². The Hall–Kier alpha value is 0.0600. The Morgan fingerprint density at radius 1 is 1.44 bits per heavy atom. The molecule has 1 rings (SSSR count). The highest BCUT2D eigenvalue weighted by Gasteiger charge is 2.18. The zero-order chi connectivity index (χ0) is 12.0. The molecular weight excluding hydrogens is 290 g/mol. The first-order chi connectivity index (χ1) is 7.65. The molecule has 0 radical (unpaired) electrons. The van der Waals surface area contributed by atoms with Gasteiger partial charge in [-0.25, -0.2) is 0 Å². The normalized spacial score (nSPS) is 15.0. The Balaban J connectivity index is 2.48. The molecular formula is C11H18BrNO2S. The molecule has 0 aliphatic heterocycles. The first-order valence-electron chi connectivity index (χ1n) is 5.35. The molecule has 3 nitrogen and oxygen atoms in total. The maximum Gasteiger partial charge on any atom is 0.107 e. The van der Waals surface area contributed by atoms with Gasteiger partial charge in [0, 0.05) is 17.5 Å². The molecule has 0 saturated heterocycles. The van der Waals surface area contributed by atoms with E-state index in [-0.39, 0.29) is 12.1 Å². The molecule has 2 N–H and O–H groups in total. The first kappa shape index (κ1) is 14.1. The molecule has 1 heterocycles. The van der Waals surface area contributed by atoms with Gasteiger partial charge in [-0.1, -0.05) is 0 Å². The van der Waals surface area contributed by atoms with Crippen LogP contribution in [0.1, 0.15) is 24.8 Å².